The smallest absolute Gasteiger partial charge is 0.306 e. The fourth-order valence-corrected chi connectivity index (χ4v) is 5.63. The summed E-state index contributed by atoms with van der Waals surface area (Å²) >= 11 is 0. The van der Waals surface area contributed by atoms with Crippen molar-refractivity contribution in [1.82, 2.24) is 0 Å². The van der Waals surface area contributed by atoms with E-state index >= 15 is 0 Å². The van der Waals surface area contributed by atoms with Gasteiger partial charge in [0.25, 0.3) is 0 Å². The van der Waals surface area contributed by atoms with Gasteiger partial charge in [0.1, 0.15) is 12.6 Å². The van der Waals surface area contributed by atoms with E-state index in [2.05, 4.69) is 92.8 Å². The van der Waals surface area contributed by atoms with Gasteiger partial charge in [-0.15, -0.1) is 0 Å². The molecule has 2 atom stereocenters. The van der Waals surface area contributed by atoms with E-state index in [0.717, 1.165) is 96.3 Å². The average Bonchev–Trinajstić information content (AvgIpc) is 3.18. The highest BCUT2D eigenvalue weighted by molar-refractivity contribution is 5.70. The summed E-state index contributed by atoms with van der Waals surface area (Å²) in [5.74, 6) is -1.83. The average molecular weight is 806 g/mol. The minimum Gasteiger partial charge on any atom is -0.544 e. The van der Waals surface area contributed by atoms with Crippen molar-refractivity contribution < 1.29 is 38.2 Å². The van der Waals surface area contributed by atoms with Gasteiger partial charge in [0.05, 0.1) is 40.3 Å². The molecule has 0 heterocycles. The lowest BCUT2D eigenvalue weighted by atomic mass is 10.1. The SMILES string of the molecule is CC/C=C/C=C/C=C/C=C/CCCCCCCC(=O)OCC(COCCC(C(=O)[O-])[N+](C)(C)C)OC(=O)CCCCC/C=C/C/C=C/C/C=C/C/C=C/C/C=C/CC. The zero-order chi connectivity index (χ0) is 42.8. The summed E-state index contributed by atoms with van der Waals surface area (Å²) in [6.07, 6.45) is 54.0. The Labute approximate surface area is 353 Å². The summed E-state index contributed by atoms with van der Waals surface area (Å²) in [7, 11) is 5.37. The molecule has 0 aliphatic carbocycles. The van der Waals surface area contributed by atoms with Crippen molar-refractivity contribution in [2.24, 2.45) is 0 Å². The van der Waals surface area contributed by atoms with Gasteiger partial charge in [-0.25, -0.2) is 0 Å². The first-order valence-electron chi connectivity index (χ1n) is 22.0. The largest absolute Gasteiger partial charge is 0.544 e. The molecule has 0 fully saturated rings. The van der Waals surface area contributed by atoms with Crippen LogP contribution in [0, 0.1) is 0 Å². The van der Waals surface area contributed by atoms with E-state index < -0.39 is 18.1 Å². The summed E-state index contributed by atoms with van der Waals surface area (Å²) in [6.45, 7) is 4.32. The van der Waals surface area contributed by atoms with Crippen molar-refractivity contribution in [2.45, 2.75) is 148 Å². The number of carbonyl (C=O) groups is 3. The highest BCUT2D eigenvalue weighted by Gasteiger charge is 2.25. The van der Waals surface area contributed by atoms with Crippen molar-refractivity contribution in [3.63, 3.8) is 0 Å². The molecule has 0 aromatic carbocycles. The number of nitrogens with zero attached hydrogens (tertiary/aromatic N) is 1. The number of carboxylic acid groups (broad SMARTS) is 1. The molecule has 326 valence electrons. The predicted octanol–water partition coefficient (Wildman–Crippen LogP) is 10.7. The second-order valence-corrected chi connectivity index (χ2v) is 15.3. The monoisotopic (exact) mass is 806 g/mol. The number of ether oxygens (including phenoxy) is 3. The van der Waals surface area contributed by atoms with E-state index in [1.807, 2.05) is 30.4 Å². The van der Waals surface area contributed by atoms with E-state index in [4.69, 9.17) is 14.2 Å². The van der Waals surface area contributed by atoms with Gasteiger partial charge in [-0.2, -0.15) is 0 Å². The summed E-state index contributed by atoms with van der Waals surface area (Å²) in [6, 6.07) is -0.743. The number of allylic oxidation sites excluding steroid dienone is 18. The molecular weight excluding hydrogens is 727 g/mol. The van der Waals surface area contributed by atoms with Gasteiger partial charge >= 0.3 is 11.9 Å². The first-order chi connectivity index (χ1) is 28.1. The molecule has 0 aliphatic rings. The number of hydrogen-bond acceptors (Lipinski definition) is 7. The van der Waals surface area contributed by atoms with Gasteiger partial charge in [0, 0.05) is 19.3 Å². The van der Waals surface area contributed by atoms with Crippen LogP contribution in [0.5, 0.6) is 0 Å². The van der Waals surface area contributed by atoms with Crippen LogP contribution in [0.2, 0.25) is 0 Å². The molecule has 0 spiro atoms. The number of carbonyl (C=O) groups excluding carboxylic acids is 3. The summed E-state index contributed by atoms with van der Waals surface area (Å²) < 4.78 is 17.1. The quantitative estimate of drug-likeness (QED) is 0.0203. The molecule has 0 rings (SSSR count). The lowest BCUT2D eigenvalue weighted by Crippen LogP contribution is -2.55. The fraction of sp³-hybridized carbons (Fsp3) is 0.580. The van der Waals surface area contributed by atoms with Crippen molar-refractivity contribution in [3.05, 3.63) is 109 Å². The van der Waals surface area contributed by atoms with Crippen LogP contribution >= 0.6 is 0 Å². The minimum atomic E-state index is -1.14. The normalized spacial score (nSPS) is 14.0. The molecule has 0 saturated heterocycles. The Kier molecular flexibility index (Phi) is 37.0. The molecule has 2 unspecified atom stereocenters. The number of esters is 2. The topological polar surface area (TPSA) is 102 Å². The van der Waals surface area contributed by atoms with Gasteiger partial charge in [-0.1, -0.05) is 149 Å². The standard InChI is InChI=1S/C50H79NO7/c1-6-8-10-12-14-16-18-20-22-23-24-25-27-29-31-33-35-37-39-41-49(53)58-46(44-56-43-42-47(50(54)55)51(3,4)5)45-57-48(52)40-38-36-34-32-30-28-26-21-19-17-15-13-11-9-7-2/h8-11,13-17,19-22,24-26,29,31,46-47H,6-7,12,18,23,27-28,30,32-45H2,1-5H3/b10-8+,11-9+,15-13+,16-14+,19-17+,22-20+,25-24+,26-21+,31-29+. The fourth-order valence-electron chi connectivity index (χ4n) is 5.63. The summed E-state index contributed by atoms with van der Waals surface area (Å²) in [5.41, 5.74) is 0. The Balaban J connectivity index is 4.48. The van der Waals surface area contributed by atoms with Crippen molar-refractivity contribution in [1.29, 1.82) is 0 Å². The molecule has 0 radical (unpaired) electrons. The molecule has 58 heavy (non-hydrogen) atoms. The number of unbranched alkanes of at least 4 members (excludes halogenated alkanes) is 8. The first-order valence-corrected chi connectivity index (χ1v) is 22.0. The van der Waals surface area contributed by atoms with E-state index in [0.29, 0.717) is 12.8 Å². The number of rotatable bonds is 37. The van der Waals surface area contributed by atoms with Crippen LogP contribution in [0.1, 0.15) is 136 Å². The van der Waals surface area contributed by atoms with E-state index in [-0.39, 0.29) is 49.1 Å². The Morgan fingerprint density at radius 3 is 1.57 bits per heavy atom. The highest BCUT2D eigenvalue weighted by atomic mass is 16.6. The van der Waals surface area contributed by atoms with E-state index in [1.54, 1.807) is 21.1 Å². The number of likely N-dealkylation sites (N-methyl/N-ethyl adjacent to an activating group) is 1. The molecule has 0 aromatic heterocycles. The Morgan fingerprint density at radius 2 is 1.00 bits per heavy atom. The summed E-state index contributed by atoms with van der Waals surface area (Å²) in [5, 5.41) is 11.6. The molecule has 0 N–H and O–H groups in total. The third-order valence-corrected chi connectivity index (χ3v) is 9.00. The van der Waals surface area contributed by atoms with Gasteiger partial charge in [0.15, 0.2) is 6.10 Å². The predicted molar refractivity (Wildman–Crippen MR) is 240 cm³/mol. The zero-order valence-electron chi connectivity index (χ0n) is 36.9. The molecule has 8 heteroatoms. The molecular formula is C50H79NO7. The first kappa shape index (κ1) is 54.0. The van der Waals surface area contributed by atoms with Crippen molar-refractivity contribution in [2.75, 3.05) is 41.0 Å². The second kappa shape index (κ2) is 39.8. The number of carboxylic acids is 1. The maximum absolute atomic E-state index is 12.7. The minimum absolute atomic E-state index is 0.0112. The maximum atomic E-state index is 12.7. The lowest BCUT2D eigenvalue weighted by Gasteiger charge is -2.34. The second-order valence-electron chi connectivity index (χ2n) is 15.3. The van der Waals surface area contributed by atoms with Crippen molar-refractivity contribution in [3.8, 4) is 0 Å². The molecule has 0 aromatic rings. The molecule has 0 saturated carbocycles. The lowest BCUT2D eigenvalue weighted by molar-refractivity contribution is -0.889. The van der Waals surface area contributed by atoms with Crippen molar-refractivity contribution >= 4 is 17.9 Å². The third kappa shape index (κ3) is 37.6. The van der Waals surface area contributed by atoms with Crippen LogP contribution in [0.4, 0.5) is 0 Å². The number of hydrogen-bond donors (Lipinski definition) is 0. The van der Waals surface area contributed by atoms with Crippen LogP contribution in [-0.2, 0) is 28.6 Å². The molecule has 8 nitrogen and oxygen atoms in total. The van der Waals surface area contributed by atoms with Gasteiger partial charge in [0.2, 0.25) is 0 Å². The van der Waals surface area contributed by atoms with Crippen LogP contribution < -0.4 is 5.11 Å². The third-order valence-electron chi connectivity index (χ3n) is 9.00. The Bertz CT molecular complexity index is 1310. The molecule has 0 bridgehead atoms. The maximum Gasteiger partial charge on any atom is 0.306 e. The Hall–Kier alpha value is -4.01. The number of quaternary nitrogens is 1. The van der Waals surface area contributed by atoms with Crippen LogP contribution in [0.25, 0.3) is 0 Å². The number of aliphatic carboxylic acids is 1. The van der Waals surface area contributed by atoms with Crippen LogP contribution in [0.15, 0.2) is 109 Å². The van der Waals surface area contributed by atoms with E-state index in [1.165, 1.54) is 0 Å². The van der Waals surface area contributed by atoms with Crippen LogP contribution in [0.3, 0.4) is 0 Å². The van der Waals surface area contributed by atoms with Gasteiger partial charge in [-0.3, -0.25) is 9.59 Å². The highest BCUT2D eigenvalue weighted by Crippen LogP contribution is 2.12. The summed E-state index contributed by atoms with van der Waals surface area (Å²) in [4.78, 5) is 36.9. The molecule has 0 aliphatic heterocycles. The zero-order valence-corrected chi connectivity index (χ0v) is 36.9. The molecule has 0 amide bonds. The Morgan fingerprint density at radius 1 is 0.534 bits per heavy atom. The van der Waals surface area contributed by atoms with Gasteiger partial charge < -0.3 is 28.6 Å². The van der Waals surface area contributed by atoms with Gasteiger partial charge in [-0.05, 0) is 77.0 Å². The van der Waals surface area contributed by atoms with E-state index in [9.17, 15) is 19.5 Å². The van der Waals surface area contributed by atoms with Crippen LogP contribution in [-0.4, -0.2) is 75.5 Å².